The minimum Gasteiger partial charge on any atom is -0.481 e. The van der Waals surface area contributed by atoms with Crippen molar-refractivity contribution in [3.8, 4) is 0 Å². The summed E-state index contributed by atoms with van der Waals surface area (Å²) in [6.45, 7) is 8.04. The van der Waals surface area contributed by atoms with E-state index in [0.717, 1.165) is 19.3 Å². The maximum absolute atomic E-state index is 11.8. The van der Waals surface area contributed by atoms with E-state index in [-0.39, 0.29) is 17.1 Å². The van der Waals surface area contributed by atoms with E-state index in [1.165, 1.54) is 0 Å². The van der Waals surface area contributed by atoms with Crippen LogP contribution >= 0.6 is 0 Å². The Hall–Kier alpha value is -0.610. The van der Waals surface area contributed by atoms with Crippen molar-refractivity contribution in [2.75, 3.05) is 0 Å². The molecule has 3 aliphatic rings. The van der Waals surface area contributed by atoms with Crippen LogP contribution in [0, 0.1) is 16.7 Å². The molecule has 2 saturated carbocycles. The summed E-state index contributed by atoms with van der Waals surface area (Å²) in [6, 6.07) is 0. The van der Waals surface area contributed by atoms with E-state index in [1.807, 2.05) is 6.92 Å². The lowest BCUT2D eigenvalue weighted by molar-refractivity contribution is -0.184. The lowest BCUT2D eigenvalue weighted by Gasteiger charge is -2.57. The number of rotatable bonds is 1. The molecule has 4 heteroatoms. The topological polar surface area (TPSA) is 70.1 Å². The van der Waals surface area contributed by atoms with Crippen molar-refractivity contribution in [1.82, 2.24) is 0 Å². The maximum atomic E-state index is 11.8. The highest BCUT2D eigenvalue weighted by Crippen LogP contribution is 2.73. The van der Waals surface area contributed by atoms with Gasteiger partial charge in [0.05, 0.1) is 17.6 Å². The van der Waals surface area contributed by atoms with Crippen LogP contribution in [-0.2, 0) is 9.53 Å². The summed E-state index contributed by atoms with van der Waals surface area (Å²) < 4.78 is 6.08. The van der Waals surface area contributed by atoms with Crippen molar-refractivity contribution >= 4 is 5.97 Å². The van der Waals surface area contributed by atoms with E-state index < -0.39 is 22.9 Å². The highest BCUT2D eigenvalue weighted by atomic mass is 16.6. The van der Waals surface area contributed by atoms with Gasteiger partial charge in [0.25, 0.3) is 0 Å². The minimum absolute atomic E-state index is 0.0124. The average Bonchev–Trinajstić information content (AvgIpc) is 2.88. The molecule has 1 saturated heterocycles. The van der Waals surface area contributed by atoms with Crippen LogP contribution in [0.5, 0.6) is 0 Å². The predicted molar refractivity (Wildman–Crippen MR) is 69.7 cm³/mol. The Morgan fingerprint density at radius 2 is 1.84 bits per heavy atom. The molecule has 0 bridgehead atoms. The van der Waals surface area contributed by atoms with Crippen LogP contribution in [0.4, 0.5) is 0 Å². The minimum atomic E-state index is -1.18. The van der Waals surface area contributed by atoms with E-state index in [1.54, 1.807) is 6.92 Å². The maximum Gasteiger partial charge on any atom is 0.310 e. The van der Waals surface area contributed by atoms with Crippen LogP contribution in [0.15, 0.2) is 0 Å². The van der Waals surface area contributed by atoms with E-state index in [0.29, 0.717) is 6.42 Å². The van der Waals surface area contributed by atoms with Crippen LogP contribution in [0.25, 0.3) is 0 Å². The van der Waals surface area contributed by atoms with Crippen LogP contribution in [-0.4, -0.2) is 33.5 Å². The van der Waals surface area contributed by atoms with Gasteiger partial charge in [-0.1, -0.05) is 27.2 Å². The summed E-state index contributed by atoms with van der Waals surface area (Å²) in [5, 5.41) is 20.3. The molecule has 2 aliphatic carbocycles. The Morgan fingerprint density at radius 3 is 2.42 bits per heavy atom. The zero-order valence-corrected chi connectivity index (χ0v) is 12.2. The molecule has 0 aromatic heterocycles. The molecule has 108 valence electrons. The van der Waals surface area contributed by atoms with Gasteiger partial charge in [-0.25, -0.2) is 0 Å². The van der Waals surface area contributed by atoms with Gasteiger partial charge in [-0.3, -0.25) is 4.79 Å². The van der Waals surface area contributed by atoms with Crippen molar-refractivity contribution < 1.29 is 19.7 Å². The monoisotopic (exact) mass is 268 g/mol. The van der Waals surface area contributed by atoms with Gasteiger partial charge >= 0.3 is 5.97 Å². The number of aliphatic hydroxyl groups is 1. The Morgan fingerprint density at radius 1 is 1.21 bits per heavy atom. The molecule has 19 heavy (non-hydrogen) atoms. The van der Waals surface area contributed by atoms with Crippen LogP contribution in [0.3, 0.4) is 0 Å². The zero-order valence-electron chi connectivity index (χ0n) is 12.2. The number of hydrogen-bond donors (Lipinski definition) is 2. The highest BCUT2D eigenvalue weighted by molar-refractivity contribution is 5.74. The fourth-order valence-corrected chi connectivity index (χ4v) is 5.59. The lowest BCUT2D eigenvalue weighted by Crippen LogP contribution is -2.65. The first-order valence-electron chi connectivity index (χ1n) is 7.21. The number of aliphatic carboxylic acids is 1. The molecule has 0 aromatic carbocycles. The Kier molecular flexibility index (Phi) is 2.35. The fourth-order valence-electron chi connectivity index (χ4n) is 5.59. The van der Waals surface area contributed by atoms with Gasteiger partial charge in [0.15, 0.2) is 0 Å². The van der Waals surface area contributed by atoms with Crippen LogP contribution < -0.4 is 0 Å². The van der Waals surface area contributed by atoms with Gasteiger partial charge in [0.2, 0.25) is 0 Å². The summed E-state index contributed by atoms with van der Waals surface area (Å²) in [4.78, 5) is 11.8. The molecule has 3 rings (SSSR count). The number of carbonyl (C=O) groups is 1. The molecule has 4 nitrogen and oxygen atoms in total. The standard InChI is InChI=1S/C15H24O4/c1-12(2)6-5-7-13(3)10(11(16)17)14(4,18)8-9-15(12,13)19-9/h9-10,18H,5-8H2,1-4H3,(H,16,17)/t9-,10+,13+,14+,15+/m0/s1. The van der Waals surface area contributed by atoms with Gasteiger partial charge in [0, 0.05) is 11.8 Å². The Bertz CT molecular complexity index is 441. The zero-order chi connectivity index (χ0) is 14.3. The third-order valence-electron chi connectivity index (χ3n) is 6.18. The van der Waals surface area contributed by atoms with Crippen molar-refractivity contribution in [3.63, 3.8) is 0 Å². The molecule has 2 N–H and O–H groups in total. The molecule has 1 aliphatic heterocycles. The quantitative estimate of drug-likeness (QED) is 0.715. The van der Waals surface area contributed by atoms with E-state index >= 15 is 0 Å². The summed E-state index contributed by atoms with van der Waals surface area (Å²) in [7, 11) is 0. The molecule has 0 amide bonds. The second kappa shape index (κ2) is 3.34. The summed E-state index contributed by atoms with van der Waals surface area (Å²) in [6.07, 6.45) is 3.33. The number of carboxylic acid groups (broad SMARTS) is 1. The van der Waals surface area contributed by atoms with Crippen molar-refractivity contribution in [1.29, 1.82) is 0 Å². The largest absolute Gasteiger partial charge is 0.481 e. The normalized spacial score (nSPS) is 55.0. The summed E-state index contributed by atoms with van der Waals surface area (Å²) in [5.41, 5.74) is -2.04. The highest BCUT2D eigenvalue weighted by Gasteiger charge is 2.81. The average molecular weight is 268 g/mol. The van der Waals surface area contributed by atoms with E-state index in [4.69, 9.17) is 4.74 Å². The van der Waals surface area contributed by atoms with Crippen molar-refractivity contribution in [3.05, 3.63) is 0 Å². The first kappa shape index (κ1) is 13.4. The smallest absolute Gasteiger partial charge is 0.310 e. The van der Waals surface area contributed by atoms with Gasteiger partial charge in [-0.05, 0) is 25.2 Å². The first-order chi connectivity index (χ1) is 8.58. The molecule has 0 unspecified atom stereocenters. The Labute approximate surface area is 114 Å². The van der Waals surface area contributed by atoms with Crippen LogP contribution in [0.2, 0.25) is 0 Å². The van der Waals surface area contributed by atoms with Gasteiger partial charge in [-0.15, -0.1) is 0 Å². The number of epoxide rings is 1. The second-order valence-electron chi connectivity index (χ2n) is 7.83. The number of carboxylic acids is 1. The van der Waals surface area contributed by atoms with Gasteiger partial charge in [0.1, 0.15) is 5.60 Å². The van der Waals surface area contributed by atoms with Crippen molar-refractivity contribution in [2.45, 2.75) is 70.7 Å². The molecule has 0 aromatic rings. The Balaban J connectivity index is 2.14. The molecular formula is C15H24O4. The molecular weight excluding hydrogens is 244 g/mol. The second-order valence-corrected chi connectivity index (χ2v) is 7.83. The number of hydrogen-bond acceptors (Lipinski definition) is 3. The SMILES string of the molecule is CC1(C)CCC[C@]2(C)[C@@H](C(=O)O)[C@](C)(O)C[C@@H]3O[C@]312. The van der Waals surface area contributed by atoms with Crippen LogP contribution in [0.1, 0.15) is 53.4 Å². The summed E-state index contributed by atoms with van der Waals surface area (Å²) in [5.74, 6) is -1.64. The first-order valence-corrected chi connectivity index (χ1v) is 7.21. The predicted octanol–water partition coefficient (Wildman–Crippen LogP) is 2.20. The number of ether oxygens (including phenoxy) is 1. The third kappa shape index (κ3) is 1.34. The van der Waals surface area contributed by atoms with E-state index in [9.17, 15) is 15.0 Å². The third-order valence-corrected chi connectivity index (χ3v) is 6.18. The molecule has 1 spiro atoms. The molecule has 3 fully saturated rings. The van der Waals surface area contributed by atoms with Gasteiger partial charge in [-0.2, -0.15) is 0 Å². The fraction of sp³-hybridized carbons (Fsp3) is 0.933. The van der Waals surface area contributed by atoms with Crippen molar-refractivity contribution in [2.24, 2.45) is 16.7 Å². The molecule has 5 atom stereocenters. The molecule has 0 radical (unpaired) electrons. The van der Waals surface area contributed by atoms with Gasteiger partial charge < -0.3 is 14.9 Å². The molecule has 1 heterocycles. The lowest BCUT2D eigenvalue weighted by atomic mass is 9.45. The van der Waals surface area contributed by atoms with E-state index in [2.05, 4.69) is 13.8 Å². The summed E-state index contributed by atoms with van der Waals surface area (Å²) >= 11 is 0.